The van der Waals surface area contributed by atoms with Gasteiger partial charge in [-0.05, 0) is 17.7 Å². The third-order valence-electron chi connectivity index (χ3n) is 2.79. The van der Waals surface area contributed by atoms with Gasteiger partial charge in [-0.2, -0.15) is 0 Å². The molecule has 2 aromatic rings. The van der Waals surface area contributed by atoms with Crippen LogP contribution >= 0.6 is 0 Å². The number of nitro benzene ring substituents is 1. The fourth-order valence-electron chi connectivity index (χ4n) is 1.78. The van der Waals surface area contributed by atoms with Gasteiger partial charge in [-0.15, -0.1) is 0 Å². The van der Waals surface area contributed by atoms with E-state index in [2.05, 4.69) is 0 Å². The SMILES string of the molecule is O=C(O)N(Cc1ccc([N+](=O)[O-])cc1)c1ccccc1. The summed E-state index contributed by atoms with van der Waals surface area (Å²) in [6.07, 6.45) is -1.07. The number of nitrogens with zero attached hydrogens (tertiary/aromatic N) is 2. The summed E-state index contributed by atoms with van der Waals surface area (Å²) >= 11 is 0. The minimum absolute atomic E-state index is 0.0182. The second-order valence-electron chi connectivity index (χ2n) is 4.13. The average Bonchev–Trinajstić information content (AvgIpc) is 2.46. The number of rotatable bonds is 4. The number of para-hydroxylation sites is 1. The Labute approximate surface area is 115 Å². The molecule has 20 heavy (non-hydrogen) atoms. The molecule has 0 aromatic heterocycles. The van der Waals surface area contributed by atoms with E-state index in [1.807, 2.05) is 0 Å². The van der Waals surface area contributed by atoms with E-state index in [1.165, 1.54) is 17.0 Å². The minimum Gasteiger partial charge on any atom is -0.465 e. The van der Waals surface area contributed by atoms with Crippen molar-refractivity contribution in [2.75, 3.05) is 4.90 Å². The Bertz CT molecular complexity index is 611. The van der Waals surface area contributed by atoms with Crippen LogP contribution in [0.2, 0.25) is 0 Å². The molecule has 1 amide bonds. The molecule has 0 atom stereocenters. The number of nitro groups is 1. The fourth-order valence-corrected chi connectivity index (χ4v) is 1.78. The molecule has 2 aromatic carbocycles. The number of hydrogen-bond donors (Lipinski definition) is 1. The number of amides is 1. The zero-order chi connectivity index (χ0) is 14.5. The van der Waals surface area contributed by atoms with E-state index in [1.54, 1.807) is 42.5 Å². The highest BCUT2D eigenvalue weighted by Crippen LogP contribution is 2.18. The minimum atomic E-state index is -1.07. The van der Waals surface area contributed by atoms with E-state index in [-0.39, 0.29) is 12.2 Å². The van der Waals surface area contributed by atoms with Crippen LogP contribution in [0.3, 0.4) is 0 Å². The molecule has 0 aliphatic heterocycles. The summed E-state index contributed by atoms with van der Waals surface area (Å²) in [7, 11) is 0. The fraction of sp³-hybridized carbons (Fsp3) is 0.0714. The summed E-state index contributed by atoms with van der Waals surface area (Å²) in [4.78, 5) is 22.6. The topological polar surface area (TPSA) is 83.7 Å². The van der Waals surface area contributed by atoms with Crippen LogP contribution in [-0.2, 0) is 6.54 Å². The number of carboxylic acid groups (broad SMARTS) is 1. The number of carbonyl (C=O) groups is 1. The van der Waals surface area contributed by atoms with Crippen molar-refractivity contribution in [2.45, 2.75) is 6.54 Å². The molecule has 6 heteroatoms. The highest BCUT2D eigenvalue weighted by atomic mass is 16.6. The van der Waals surface area contributed by atoms with Crippen molar-refractivity contribution < 1.29 is 14.8 Å². The molecule has 0 saturated heterocycles. The molecular formula is C14H12N2O4. The van der Waals surface area contributed by atoms with Gasteiger partial charge >= 0.3 is 6.09 Å². The molecule has 1 N–H and O–H groups in total. The van der Waals surface area contributed by atoms with Crippen molar-refractivity contribution in [1.82, 2.24) is 0 Å². The average molecular weight is 272 g/mol. The summed E-state index contributed by atoms with van der Waals surface area (Å²) in [6, 6.07) is 14.5. The lowest BCUT2D eigenvalue weighted by Gasteiger charge is -2.19. The summed E-state index contributed by atoms with van der Waals surface area (Å²) in [5, 5.41) is 19.8. The van der Waals surface area contributed by atoms with Crippen molar-refractivity contribution in [3.8, 4) is 0 Å². The van der Waals surface area contributed by atoms with Gasteiger partial charge < -0.3 is 5.11 Å². The van der Waals surface area contributed by atoms with Gasteiger partial charge in [0.05, 0.1) is 11.5 Å². The van der Waals surface area contributed by atoms with Gasteiger partial charge in [-0.3, -0.25) is 15.0 Å². The summed E-state index contributed by atoms with van der Waals surface area (Å²) in [5.41, 5.74) is 1.22. The lowest BCUT2D eigenvalue weighted by Crippen LogP contribution is -2.28. The normalized spacial score (nSPS) is 10.0. The van der Waals surface area contributed by atoms with Crippen LogP contribution in [0.1, 0.15) is 5.56 Å². The first-order chi connectivity index (χ1) is 9.58. The van der Waals surface area contributed by atoms with Gasteiger partial charge in [-0.25, -0.2) is 4.79 Å². The maximum atomic E-state index is 11.3. The number of hydrogen-bond acceptors (Lipinski definition) is 3. The molecule has 0 spiro atoms. The van der Waals surface area contributed by atoms with E-state index in [0.29, 0.717) is 11.3 Å². The van der Waals surface area contributed by atoms with Crippen LogP contribution in [0.5, 0.6) is 0 Å². The predicted octanol–water partition coefficient (Wildman–Crippen LogP) is 3.28. The maximum absolute atomic E-state index is 11.3. The van der Waals surface area contributed by atoms with Crippen molar-refractivity contribution in [3.05, 3.63) is 70.3 Å². The second-order valence-corrected chi connectivity index (χ2v) is 4.13. The standard InChI is InChI=1S/C14H12N2O4/c17-14(18)15(12-4-2-1-3-5-12)10-11-6-8-13(9-7-11)16(19)20/h1-9H,10H2,(H,17,18). The first-order valence-corrected chi connectivity index (χ1v) is 5.87. The molecule has 102 valence electrons. The molecule has 6 nitrogen and oxygen atoms in total. The van der Waals surface area contributed by atoms with Crippen molar-refractivity contribution in [1.29, 1.82) is 0 Å². The predicted molar refractivity (Wildman–Crippen MR) is 73.7 cm³/mol. The molecule has 0 aliphatic rings. The largest absolute Gasteiger partial charge is 0.465 e. The van der Waals surface area contributed by atoms with Crippen LogP contribution in [0, 0.1) is 10.1 Å². The molecular weight excluding hydrogens is 260 g/mol. The lowest BCUT2D eigenvalue weighted by molar-refractivity contribution is -0.384. The Hall–Kier alpha value is -2.89. The van der Waals surface area contributed by atoms with Crippen LogP contribution in [-0.4, -0.2) is 16.1 Å². The summed E-state index contributed by atoms with van der Waals surface area (Å²) in [5.74, 6) is 0. The molecule has 2 rings (SSSR count). The zero-order valence-corrected chi connectivity index (χ0v) is 10.5. The van der Waals surface area contributed by atoms with Crippen LogP contribution in [0.4, 0.5) is 16.2 Å². The monoisotopic (exact) mass is 272 g/mol. The molecule has 0 aliphatic carbocycles. The van der Waals surface area contributed by atoms with E-state index >= 15 is 0 Å². The Morgan fingerprint density at radius 3 is 2.20 bits per heavy atom. The van der Waals surface area contributed by atoms with Gasteiger partial charge in [0.2, 0.25) is 0 Å². The summed E-state index contributed by atoms with van der Waals surface area (Å²) < 4.78 is 0. The van der Waals surface area contributed by atoms with Gasteiger partial charge in [0, 0.05) is 17.8 Å². The number of non-ortho nitro benzene ring substituents is 1. The Balaban J connectivity index is 2.21. The first-order valence-electron chi connectivity index (χ1n) is 5.87. The number of anilines is 1. The third-order valence-corrected chi connectivity index (χ3v) is 2.79. The molecule has 0 bridgehead atoms. The van der Waals surface area contributed by atoms with Gasteiger partial charge in [0.1, 0.15) is 0 Å². The highest BCUT2D eigenvalue weighted by molar-refractivity contribution is 5.85. The van der Waals surface area contributed by atoms with Gasteiger partial charge in [0.15, 0.2) is 0 Å². The van der Waals surface area contributed by atoms with E-state index in [0.717, 1.165) is 0 Å². The molecule has 0 saturated carbocycles. The van der Waals surface area contributed by atoms with E-state index in [9.17, 15) is 20.0 Å². The lowest BCUT2D eigenvalue weighted by atomic mass is 10.2. The Kier molecular flexibility index (Phi) is 3.95. The van der Waals surface area contributed by atoms with E-state index < -0.39 is 11.0 Å². The third kappa shape index (κ3) is 3.11. The van der Waals surface area contributed by atoms with Gasteiger partial charge in [-0.1, -0.05) is 30.3 Å². The molecule has 0 fully saturated rings. The van der Waals surface area contributed by atoms with Crippen LogP contribution in [0.15, 0.2) is 54.6 Å². The second kappa shape index (κ2) is 5.83. The van der Waals surface area contributed by atoms with Crippen molar-refractivity contribution in [2.24, 2.45) is 0 Å². The van der Waals surface area contributed by atoms with Crippen molar-refractivity contribution in [3.63, 3.8) is 0 Å². The molecule has 0 radical (unpaired) electrons. The summed E-state index contributed by atoms with van der Waals surface area (Å²) in [6.45, 7) is 0.136. The first kappa shape index (κ1) is 13.5. The van der Waals surface area contributed by atoms with Crippen LogP contribution in [0.25, 0.3) is 0 Å². The maximum Gasteiger partial charge on any atom is 0.412 e. The van der Waals surface area contributed by atoms with E-state index in [4.69, 9.17) is 0 Å². The molecule has 0 unspecified atom stereocenters. The Morgan fingerprint density at radius 1 is 1.10 bits per heavy atom. The highest BCUT2D eigenvalue weighted by Gasteiger charge is 2.15. The quantitative estimate of drug-likeness (QED) is 0.683. The molecule has 0 heterocycles. The smallest absolute Gasteiger partial charge is 0.412 e. The zero-order valence-electron chi connectivity index (χ0n) is 10.5. The Morgan fingerprint density at radius 2 is 1.70 bits per heavy atom. The number of benzene rings is 2. The van der Waals surface area contributed by atoms with Crippen molar-refractivity contribution >= 4 is 17.5 Å². The van der Waals surface area contributed by atoms with Gasteiger partial charge in [0.25, 0.3) is 5.69 Å². The van der Waals surface area contributed by atoms with Crippen LogP contribution < -0.4 is 4.90 Å².